The summed E-state index contributed by atoms with van der Waals surface area (Å²) < 4.78 is 0. The minimum absolute atomic E-state index is 0.758. The van der Waals surface area contributed by atoms with Crippen LogP contribution >= 0.6 is 15.9 Å². The number of nitrogens with zero attached hydrogens (tertiary/aromatic N) is 1. The van der Waals surface area contributed by atoms with Gasteiger partial charge in [0.2, 0.25) is 0 Å². The number of hydrogen-bond donors (Lipinski definition) is 0. The summed E-state index contributed by atoms with van der Waals surface area (Å²) in [7, 11) is 0. The topological polar surface area (TPSA) is 3.24 Å². The third-order valence-corrected chi connectivity index (χ3v) is 5.37. The van der Waals surface area contributed by atoms with Crippen LogP contribution in [0, 0.1) is 0 Å². The Labute approximate surface area is 119 Å². The predicted octanol–water partition coefficient (Wildman–Crippen LogP) is 4.14. The van der Waals surface area contributed by atoms with Crippen molar-refractivity contribution in [3.05, 3.63) is 35.4 Å². The third-order valence-electron chi connectivity index (χ3n) is 4.62. The zero-order chi connectivity index (χ0) is 12.5. The molecule has 2 heteroatoms. The summed E-state index contributed by atoms with van der Waals surface area (Å²) in [6.07, 6.45) is 6.62. The Hall–Kier alpha value is -0.340. The first-order valence-corrected chi connectivity index (χ1v) is 8.15. The van der Waals surface area contributed by atoms with E-state index in [4.69, 9.17) is 0 Å². The molecule has 2 bridgehead atoms. The van der Waals surface area contributed by atoms with Crippen LogP contribution < -0.4 is 0 Å². The first-order valence-electron chi connectivity index (χ1n) is 7.24. The fraction of sp³-hybridized carbons (Fsp3) is 0.625. The molecule has 1 aromatic rings. The molecular formula is C16H22BrN. The summed E-state index contributed by atoms with van der Waals surface area (Å²) in [4.78, 5) is 3.51. The van der Waals surface area contributed by atoms with Gasteiger partial charge in [0.1, 0.15) is 0 Å². The van der Waals surface area contributed by atoms with Gasteiger partial charge in [0.05, 0.1) is 0 Å². The van der Waals surface area contributed by atoms with Crippen molar-refractivity contribution in [1.82, 2.24) is 4.90 Å². The Bertz CT molecular complexity index is 386. The monoisotopic (exact) mass is 307 g/mol. The Morgan fingerprint density at radius 2 is 1.61 bits per heavy atom. The van der Waals surface area contributed by atoms with Gasteiger partial charge in [-0.25, -0.2) is 0 Å². The van der Waals surface area contributed by atoms with Crippen LogP contribution in [0.2, 0.25) is 0 Å². The van der Waals surface area contributed by atoms with Gasteiger partial charge in [0, 0.05) is 23.5 Å². The Balaban J connectivity index is 1.69. The SMILES string of the molecule is CCc1ccc(CN2C3CCC2CC(Br)C3)cc1. The molecule has 0 spiro atoms. The normalized spacial score (nSPS) is 31.8. The van der Waals surface area contributed by atoms with Crippen molar-refractivity contribution in [2.75, 3.05) is 0 Å². The van der Waals surface area contributed by atoms with Gasteiger partial charge >= 0.3 is 0 Å². The van der Waals surface area contributed by atoms with Crippen LogP contribution in [-0.4, -0.2) is 21.8 Å². The number of alkyl halides is 1. The summed E-state index contributed by atoms with van der Waals surface area (Å²) in [6, 6.07) is 10.8. The molecule has 0 aromatic heterocycles. The first kappa shape index (κ1) is 12.7. The molecule has 1 nitrogen and oxygen atoms in total. The van der Waals surface area contributed by atoms with Gasteiger partial charge in [0.15, 0.2) is 0 Å². The largest absolute Gasteiger partial charge is 0.293 e. The lowest BCUT2D eigenvalue weighted by atomic mass is 10.0. The minimum Gasteiger partial charge on any atom is -0.293 e. The van der Waals surface area contributed by atoms with Gasteiger partial charge in [0.25, 0.3) is 0 Å². The van der Waals surface area contributed by atoms with E-state index in [1.807, 2.05) is 0 Å². The molecule has 18 heavy (non-hydrogen) atoms. The van der Waals surface area contributed by atoms with Crippen LogP contribution in [0.15, 0.2) is 24.3 Å². The highest BCUT2D eigenvalue weighted by atomic mass is 79.9. The molecule has 3 rings (SSSR count). The quantitative estimate of drug-likeness (QED) is 0.759. The number of rotatable bonds is 3. The van der Waals surface area contributed by atoms with Gasteiger partial charge in [-0.05, 0) is 43.2 Å². The molecule has 2 saturated heterocycles. The highest BCUT2D eigenvalue weighted by Gasteiger charge is 2.39. The number of hydrogen-bond acceptors (Lipinski definition) is 1. The smallest absolute Gasteiger partial charge is 0.0239 e. The summed E-state index contributed by atoms with van der Waals surface area (Å²) in [5.74, 6) is 0. The van der Waals surface area contributed by atoms with Crippen LogP contribution in [0.1, 0.15) is 43.7 Å². The van der Waals surface area contributed by atoms with E-state index in [0.29, 0.717) is 0 Å². The highest BCUT2D eigenvalue weighted by molar-refractivity contribution is 9.09. The standard InChI is InChI=1S/C16H22BrN/c1-2-12-3-5-13(6-4-12)11-18-15-7-8-16(18)10-14(17)9-15/h3-6,14-16H,2,7-11H2,1H3. The van der Waals surface area contributed by atoms with Crippen molar-refractivity contribution in [1.29, 1.82) is 0 Å². The summed E-state index contributed by atoms with van der Waals surface area (Å²) >= 11 is 3.81. The molecule has 0 amide bonds. The summed E-state index contributed by atoms with van der Waals surface area (Å²) in [6.45, 7) is 3.37. The zero-order valence-electron chi connectivity index (χ0n) is 11.1. The molecule has 0 radical (unpaired) electrons. The van der Waals surface area contributed by atoms with E-state index in [9.17, 15) is 0 Å². The molecule has 0 saturated carbocycles. The molecule has 98 valence electrons. The van der Waals surface area contributed by atoms with Gasteiger partial charge in [-0.1, -0.05) is 47.1 Å². The predicted molar refractivity (Wildman–Crippen MR) is 80.1 cm³/mol. The van der Waals surface area contributed by atoms with E-state index in [1.165, 1.54) is 36.8 Å². The number of benzene rings is 1. The van der Waals surface area contributed by atoms with Gasteiger partial charge in [-0.3, -0.25) is 4.90 Å². The van der Waals surface area contributed by atoms with Crippen molar-refractivity contribution in [3.8, 4) is 0 Å². The van der Waals surface area contributed by atoms with E-state index in [-0.39, 0.29) is 0 Å². The van der Waals surface area contributed by atoms with Crippen molar-refractivity contribution in [3.63, 3.8) is 0 Å². The molecule has 2 unspecified atom stereocenters. The fourth-order valence-corrected chi connectivity index (χ4v) is 4.42. The number of aryl methyl sites for hydroxylation is 1. The molecule has 2 aliphatic rings. The van der Waals surface area contributed by atoms with Crippen LogP contribution in [-0.2, 0) is 13.0 Å². The Morgan fingerprint density at radius 1 is 1.06 bits per heavy atom. The van der Waals surface area contributed by atoms with E-state index in [0.717, 1.165) is 29.9 Å². The van der Waals surface area contributed by atoms with Crippen molar-refractivity contribution in [2.45, 2.75) is 62.5 Å². The molecular weight excluding hydrogens is 286 g/mol. The molecule has 0 N–H and O–H groups in total. The number of piperidine rings is 1. The highest BCUT2D eigenvalue weighted by Crippen LogP contribution is 2.39. The van der Waals surface area contributed by atoms with E-state index in [2.05, 4.69) is 52.0 Å². The fourth-order valence-electron chi connectivity index (χ4n) is 3.56. The second-order valence-electron chi connectivity index (χ2n) is 5.80. The maximum absolute atomic E-state index is 3.81. The third kappa shape index (κ3) is 2.50. The average Bonchev–Trinajstić information content (AvgIpc) is 2.62. The average molecular weight is 308 g/mol. The second kappa shape index (κ2) is 5.34. The maximum atomic E-state index is 3.81. The van der Waals surface area contributed by atoms with E-state index in [1.54, 1.807) is 0 Å². The van der Waals surface area contributed by atoms with Crippen molar-refractivity contribution in [2.24, 2.45) is 0 Å². The summed E-state index contributed by atoms with van der Waals surface area (Å²) in [5.41, 5.74) is 2.93. The molecule has 2 fully saturated rings. The van der Waals surface area contributed by atoms with Crippen LogP contribution in [0.25, 0.3) is 0 Å². The molecule has 2 heterocycles. The van der Waals surface area contributed by atoms with Crippen molar-refractivity contribution < 1.29 is 0 Å². The van der Waals surface area contributed by atoms with E-state index < -0.39 is 0 Å². The van der Waals surface area contributed by atoms with Crippen LogP contribution in [0.5, 0.6) is 0 Å². The molecule has 2 aliphatic heterocycles. The lowest BCUT2D eigenvalue weighted by Gasteiger charge is -2.37. The van der Waals surface area contributed by atoms with Crippen LogP contribution in [0.4, 0.5) is 0 Å². The molecule has 1 aromatic carbocycles. The van der Waals surface area contributed by atoms with Gasteiger partial charge in [-0.15, -0.1) is 0 Å². The van der Waals surface area contributed by atoms with Crippen LogP contribution in [0.3, 0.4) is 0 Å². The second-order valence-corrected chi connectivity index (χ2v) is 7.09. The van der Waals surface area contributed by atoms with Crippen molar-refractivity contribution >= 4 is 15.9 Å². The van der Waals surface area contributed by atoms with Gasteiger partial charge in [-0.2, -0.15) is 0 Å². The number of halogens is 1. The summed E-state index contributed by atoms with van der Waals surface area (Å²) in [5, 5.41) is 0. The maximum Gasteiger partial charge on any atom is 0.0239 e. The number of fused-ring (bicyclic) bond motifs is 2. The van der Waals surface area contributed by atoms with E-state index >= 15 is 0 Å². The first-order chi connectivity index (χ1) is 8.76. The van der Waals surface area contributed by atoms with Gasteiger partial charge < -0.3 is 0 Å². The minimum atomic E-state index is 0.758. The zero-order valence-corrected chi connectivity index (χ0v) is 12.7. The lowest BCUT2D eigenvalue weighted by Crippen LogP contribution is -2.42. The molecule has 2 atom stereocenters. The lowest BCUT2D eigenvalue weighted by molar-refractivity contribution is 0.137. The Kier molecular flexibility index (Phi) is 3.76. The Morgan fingerprint density at radius 3 is 2.17 bits per heavy atom. The molecule has 0 aliphatic carbocycles.